The van der Waals surface area contributed by atoms with Crippen molar-refractivity contribution < 1.29 is 0 Å². The van der Waals surface area contributed by atoms with Crippen LogP contribution in [0.3, 0.4) is 0 Å². The minimum absolute atomic E-state index is 0.368. The Hall–Kier alpha value is -0.330. The van der Waals surface area contributed by atoms with Gasteiger partial charge in [-0.15, -0.1) is 11.6 Å². The van der Waals surface area contributed by atoms with Gasteiger partial charge in [0.05, 0.1) is 14.8 Å². The molecule has 0 spiro atoms. The lowest BCUT2D eigenvalue weighted by Crippen LogP contribution is -1.98. The van der Waals surface area contributed by atoms with Crippen molar-refractivity contribution in [1.82, 2.24) is 14.8 Å². The lowest BCUT2D eigenvalue weighted by molar-refractivity contribution is 0.844. The zero-order valence-electron chi connectivity index (χ0n) is 7.49. The van der Waals surface area contributed by atoms with Crippen LogP contribution in [0.2, 0.25) is 5.02 Å². The predicted octanol–water partition coefficient (Wildman–Crippen LogP) is 3.26. The van der Waals surface area contributed by atoms with E-state index in [0.717, 1.165) is 15.0 Å². The third kappa shape index (κ3) is 2.43. The highest BCUT2D eigenvalue weighted by Crippen LogP contribution is 2.19. The zero-order chi connectivity index (χ0) is 10.8. The van der Waals surface area contributed by atoms with Crippen LogP contribution >= 0.6 is 45.8 Å². The van der Waals surface area contributed by atoms with Gasteiger partial charge in [0.2, 0.25) is 0 Å². The summed E-state index contributed by atoms with van der Waals surface area (Å²) in [5, 5.41) is 4.73. The van der Waals surface area contributed by atoms with Crippen molar-refractivity contribution >= 4 is 45.8 Å². The van der Waals surface area contributed by atoms with Crippen LogP contribution in [0.1, 0.15) is 5.56 Å². The molecule has 0 N–H and O–H groups in total. The molecular formula is C9H6Cl2IN3. The van der Waals surface area contributed by atoms with E-state index in [-0.39, 0.29) is 0 Å². The van der Waals surface area contributed by atoms with E-state index in [1.807, 2.05) is 12.3 Å². The summed E-state index contributed by atoms with van der Waals surface area (Å²) in [6.45, 7) is 0. The second-order valence-electron chi connectivity index (χ2n) is 2.87. The van der Waals surface area contributed by atoms with Crippen molar-refractivity contribution in [3.8, 4) is 5.82 Å². The fraction of sp³-hybridized carbons (Fsp3) is 0.111. The molecule has 0 saturated carbocycles. The molecule has 0 aliphatic rings. The zero-order valence-corrected chi connectivity index (χ0v) is 11.2. The van der Waals surface area contributed by atoms with Gasteiger partial charge in [0, 0.05) is 18.3 Å². The molecule has 6 heteroatoms. The van der Waals surface area contributed by atoms with Gasteiger partial charge in [0.15, 0.2) is 5.82 Å². The lowest BCUT2D eigenvalue weighted by atomic mass is 10.3. The van der Waals surface area contributed by atoms with Gasteiger partial charge >= 0.3 is 0 Å². The molecule has 0 fully saturated rings. The average molecular weight is 354 g/mol. The Morgan fingerprint density at radius 3 is 2.80 bits per heavy atom. The van der Waals surface area contributed by atoms with E-state index in [1.165, 1.54) is 0 Å². The van der Waals surface area contributed by atoms with E-state index < -0.39 is 0 Å². The summed E-state index contributed by atoms with van der Waals surface area (Å²) in [6.07, 6.45) is 5.23. The molecule has 0 unspecified atom stereocenters. The maximum absolute atomic E-state index is 5.91. The smallest absolute Gasteiger partial charge is 0.153 e. The van der Waals surface area contributed by atoms with Gasteiger partial charge < -0.3 is 0 Å². The maximum Gasteiger partial charge on any atom is 0.153 e. The largest absolute Gasteiger partial charge is 0.236 e. The summed E-state index contributed by atoms with van der Waals surface area (Å²) in [4.78, 5) is 4.18. The second-order valence-corrected chi connectivity index (χ2v) is 4.79. The Labute approximate surface area is 111 Å². The number of alkyl halides is 1. The number of rotatable bonds is 2. The molecule has 0 aliphatic carbocycles. The van der Waals surface area contributed by atoms with Crippen LogP contribution < -0.4 is 0 Å². The molecule has 0 radical (unpaired) electrons. The molecule has 3 nitrogen and oxygen atoms in total. The summed E-state index contributed by atoms with van der Waals surface area (Å²) in [5.41, 5.74) is 0.855. The predicted molar refractivity (Wildman–Crippen MR) is 68.6 cm³/mol. The molecule has 2 rings (SSSR count). The normalized spacial score (nSPS) is 10.6. The molecular weight excluding hydrogens is 348 g/mol. The molecule has 0 aromatic carbocycles. The van der Waals surface area contributed by atoms with Crippen LogP contribution in [0, 0.1) is 3.57 Å². The second kappa shape index (κ2) is 4.67. The van der Waals surface area contributed by atoms with Crippen LogP contribution in [0.4, 0.5) is 0 Å². The first kappa shape index (κ1) is 11.2. The molecule has 2 heterocycles. The lowest BCUT2D eigenvalue weighted by Gasteiger charge is -2.03. The number of pyridine rings is 1. The third-order valence-electron chi connectivity index (χ3n) is 1.85. The molecule has 0 saturated heterocycles. The summed E-state index contributed by atoms with van der Waals surface area (Å²) in [6, 6.07) is 1.83. The van der Waals surface area contributed by atoms with E-state index in [9.17, 15) is 0 Å². The standard InChI is InChI=1S/C9H6Cl2IN3/c10-2-6-1-9(13-4-8(6)11)15-5-7(12)3-14-15/h1,3-5H,2H2. The van der Waals surface area contributed by atoms with Crippen LogP contribution in [-0.2, 0) is 5.88 Å². The molecule has 0 bridgehead atoms. The molecule has 15 heavy (non-hydrogen) atoms. The van der Waals surface area contributed by atoms with E-state index >= 15 is 0 Å². The number of hydrogen-bond acceptors (Lipinski definition) is 2. The van der Waals surface area contributed by atoms with Crippen LogP contribution in [-0.4, -0.2) is 14.8 Å². The summed E-state index contributed by atoms with van der Waals surface area (Å²) in [5.74, 6) is 1.09. The number of hydrogen-bond donors (Lipinski definition) is 0. The first-order valence-corrected chi connectivity index (χ1v) is 6.11. The Morgan fingerprint density at radius 2 is 2.20 bits per heavy atom. The van der Waals surface area contributed by atoms with Crippen molar-refractivity contribution in [2.45, 2.75) is 5.88 Å². The topological polar surface area (TPSA) is 30.7 Å². The van der Waals surface area contributed by atoms with Gasteiger partial charge in [-0.25, -0.2) is 9.67 Å². The van der Waals surface area contributed by atoms with Gasteiger partial charge in [0.1, 0.15) is 0 Å². The van der Waals surface area contributed by atoms with Gasteiger partial charge in [-0.2, -0.15) is 5.10 Å². The van der Waals surface area contributed by atoms with Gasteiger partial charge in [-0.3, -0.25) is 0 Å². The SMILES string of the molecule is ClCc1cc(-n2cc(I)cn2)ncc1Cl. The monoisotopic (exact) mass is 353 g/mol. The van der Waals surface area contributed by atoms with Gasteiger partial charge in [-0.05, 0) is 34.2 Å². The summed E-state index contributed by atoms with van der Waals surface area (Å²) >= 11 is 13.9. The fourth-order valence-corrected chi connectivity index (χ4v) is 1.97. The highest BCUT2D eigenvalue weighted by atomic mass is 127. The van der Waals surface area contributed by atoms with Crippen LogP contribution in [0.5, 0.6) is 0 Å². The molecule has 2 aromatic heterocycles. The Morgan fingerprint density at radius 1 is 1.40 bits per heavy atom. The number of nitrogens with zero attached hydrogens (tertiary/aromatic N) is 3. The molecule has 0 amide bonds. The minimum Gasteiger partial charge on any atom is -0.236 e. The first-order chi connectivity index (χ1) is 7.20. The maximum atomic E-state index is 5.91. The van der Waals surface area contributed by atoms with Crippen molar-refractivity contribution in [3.05, 3.63) is 38.8 Å². The fourth-order valence-electron chi connectivity index (χ4n) is 1.12. The Kier molecular flexibility index (Phi) is 3.48. The Bertz CT molecular complexity index is 484. The number of aromatic nitrogens is 3. The Balaban J connectivity index is 2.45. The van der Waals surface area contributed by atoms with Crippen molar-refractivity contribution in [2.75, 3.05) is 0 Å². The molecule has 0 aliphatic heterocycles. The summed E-state index contributed by atoms with van der Waals surface area (Å²) in [7, 11) is 0. The van der Waals surface area contributed by atoms with E-state index in [4.69, 9.17) is 23.2 Å². The summed E-state index contributed by atoms with van der Waals surface area (Å²) < 4.78 is 2.74. The minimum atomic E-state index is 0.368. The van der Waals surface area contributed by atoms with Crippen LogP contribution in [0.15, 0.2) is 24.7 Å². The highest BCUT2D eigenvalue weighted by Gasteiger charge is 2.05. The van der Waals surface area contributed by atoms with Crippen LogP contribution in [0.25, 0.3) is 5.82 Å². The van der Waals surface area contributed by atoms with E-state index in [2.05, 4.69) is 32.7 Å². The third-order valence-corrected chi connectivity index (χ3v) is 3.04. The quantitative estimate of drug-likeness (QED) is 0.612. The molecule has 78 valence electrons. The van der Waals surface area contributed by atoms with Gasteiger partial charge in [0.25, 0.3) is 0 Å². The number of halogens is 3. The van der Waals surface area contributed by atoms with E-state index in [1.54, 1.807) is 17.1 Å². The van der Waals surface area contributed by atoms with Crippen molar-refractivity contribution in [2.24, 2.45) is 0 Å². The van der Waals surface area contributed by atoms with E-state index in [0.29, 0.717) is 10.9 Å². The first-order valence-electron chi connectivity index (χ1n) is 4.11. The average Bonchev–Trinajstić information content (AvgIpc) is 2.66. The molecule has 0 atom stereocenters. The highest BCUT2D eigenvalue weighted by molar-refractivity contribution is 14.1. The van der Waals surface area contributed by atoms with Crippen molar-refractivity contribution in [3.63, 3.8) is 0 Å². The van der Waals surface area contributed by atoms with Gasteiger partial charge in [-0.1, -0.05) is 11.6 Å². The van der Waals surface area contributed by atoms with Crippen molar-refractivity contribution in [1.29, 1.82) is 0 Å². The molecule has 2 aromatic rings.